The van der Waals surface area contributed by atoms with Crippen LogP contribution in [-0.4, -0.2) is 25.0 Å². The number of hydrogen-bond acceptors (Lipinski definition) is 2. The molecule has 1 radical (unpaired) electrons. The van der Waals surface area contributed by atoms with Gasteiger partial charge in [0.2, 0.25) is 13.2 Å². The van der Waals surface area contributed by atoms with Gasteiger partial charge in [0.1, 0.15) is 0 Å². The molecule has 0 aromatic rings. The molecule has 0 aromatic heterocycles. The number of nitrogens with one attached hydrogen (secondary N) is 1. The summed E-state index contributed by atoms with van der Waals surface area (Å²) in [6.45, 7) is 5.44. The summed E-state index contributed by atoms with van der Waals surface area (Å²) in [7, 11) is 1.41. The molecule has 1 aliphatic rings. The van der Waals surface area contributed by atoms with Crippen LogP contribution in [0.5, 0.6) is 0 Å². The predicted octanol–water partition coefficient (Wildman–Crippen LogP) is 0.268. The summed E-state index contributed by atoms with van der Waals surface area (Å²) < 4.78 is 6.81. The van der Waals surface area contributed by atoms with Crippen molar-refractivity contribution >= 4 is 19.0 Å². The Morgan fingerprint density at radius 2 is 2.43 bits per heavy atom. The Morgan fingerprint density at radius 1 is 1.71 bits per heavy atom. The average Bonchev–Trinajstić information content (AvgIpc) is 2.58. The van der Waals surface area contributed by atoms with Crippen molar-refractivity contribution in [2.24, 2.45) is 11.6 Å². The highest BCUT2D eigenvalue weighted by molar-refractivity contribution is 6.72. The second-order valence-electron chi connectivity index (χ2n) is 3.53. The number of nitrogens with two attached hydrogens (primary N) is 1. The summed E-state index contributed by atoms with van der Waals surface area (Å²) in [5.74, 6) is -0.925. The molecule has 2 amide bonds. The lowest BCUT2D eigenvalue weighted by atomic mass is 9.81. The average molecular weight is 194 g/mol. The van der Waals surface area contributed by atoms with Crippen LogP contribution in [-0.2, 0) is 4.79 Å². The van der Waals surface area contributed by atoms with E-state index in [-0.39, 0.29) is 23.7 Å². The van der Waals surface area contributed by atoms with Crippen molar-refractivity contribution < 1.29 is 11.0 Å². The lowest BCUT2D eigenvalue weighted by molar-refractivity contribution is -0.122. The highest BCUT2D eigenvalue weighted by atomic mass is 16.2. The van der Waals surface area contributed by atoms with E-state index < -0.39 is 0 Å². The molecule has 0 heterocycles. The van der Waals surface area contributed by atoms with Gasteiger partial charge >= 0.3 is 0 Å². The molecule has 4 nitrogen and oxygen atoms in total. The van der Waals surface area contributed by atoms with Crippen LogP contribution in [0.4, 0.5) is 4.79 Å². The molecule has 75 valence electrons. The standard InChI is InChI=1S/C9H14BN2O2/c1-5-3-6(8(11)13)7(4-5)12-9(14)10-2/h6-7H,1,3-4H2,2H3,(H2,11,13)(H,12,14)/t6-,7-/m0/s1/i/hD. The van der Waals surface area contributed by atoms with Gasteiger partial charge < -0.3 is 11.0 Å². The quantitative estimate of drug-likeness (QED) is 0.499. The van der Waals surface area contributed by atoms with Gasteiger partial charge in [0.15, 0.2) is 7.22 Å². The second kappa shape index (κ2) is 4.31. The zero-order valence-corrected chi connectivity index (χ0v) is 8.17. The third-order valence-electron chi connectivity index (χ3n) is 2.43. The monoisotopic (exact) mass is 194 g/mol. The zero-order chi connectivity index (χ0) is 11.4. The molecule has 0 saturated heterocycles. The first-order valence-corrected chi connectivity index (χ1v) is 4.56. The van der Waals surface area contributed by atoms with E-state index in [0.717, 1.165) is 5.57 Å². The van der Waals surface area contributed by atoms with Crippen molar-refractivity contribution in [1.82, 2.24) is 5.32 Å². The van der Waals surface area contributed by atoms with Crippen LogP contribution in [0.3, 0.4) is 0 Å². The third kappa shape index (κ3) is 2.37. The first-order chi connectivity index (χ1) is 7.08. The summed E-state index contributed by atoms with van der Waals surface area (Å²) in [5.41, 5.74) is 2.79. The number of carbonyl (C=O) groups excluding carboxylic acids is 2. The maximum absolute atomic E-state index is 11.3. The van der Waals surface area contributed by atoms with E-state index in [0.29, 0.717) is 12.8 Å². The van der Waals surface area contributed by atoms with E-state index in [1.807, 2.05) is 5.73 Å². The highest BCUT2D eigenvalue weighted by Gasteiger charge is 2.34. The molecule has 1 rings (SSSR count). The molecule has 1 fully saturated rings. The first kappa shape index (κ1) is 9.31. The minimum Gasteiger partial charge on any atom is -0.369 e. The van der Waals surface area contributed by atoms with Crippen LogP contribution in [0, 0.1) is 5.92 Å². The summed E-state index contributed by atoms with van der Waals surface area (Å²) >= 11 is 0. The molecule has 1 saturated carbocycles. The van der Waals surface area contributed by atoms with E-state index in [1.165, 1.54) is 7.28 Å². The molecule has 0 unspecified atom stereocenters. The van der Waals surface area contributed by atoms with Gasteiger partial charge in [-0.2, -0.15) is 0 Å². The molecule has 0 aliphatic heterocycles. The van der Waals surface area contributed by atoms with Crippen molar-refractivity contribution in [3.05, 3.63) is 12.2 Å². The van der Waals surface area contributed by atoms with Gasteiger partial charge in [0.25, 0.3) is 0 Å². The largest absolute Gasteiger partial charge is 0.369 e. The molecular weight excluding hydrogens is 179 g/mol. The van der Waals surface area contributed by atoms with E-state index in [1.54, 1.807) is 6.82 Å². The predicted molar refractivity (Wildman–Crippen MR) is 55.0 cm³/mol. The van der Waals surface area contributed by atoms with Gasteiger partial charge in [-0.25, -0.2) is 0 Å². The Balaban J connectivity index is 2.64. The fourth-order valence-electron chi connectivity index (χ4n) is 1.68. The van der Waals surface area contributed by atoms with Crippen LogP contribution >= 0.6 is 0 Å². The Kier molecular flexibility index (Phi) is 2.86. The van der Waals surface area contributed by atoms with Gasteiger partial charge in [-0.05, 0) is 12.8 Å². The lowest BCUT2D eigenvalue weighted by Crippen LogP contribution is -2.43. The van der Waals surface area contributed by atoms with Crippen LogP contribution in [0.25, 0.3) is 0 Å². The SMILES string of the molecule is [2H]NC(=O)[C@H]1CC(=C)C[C@@H]1NC(=O)[B]C. The molecule has 0 aromatic carbocycles. The smallest absolute Gasteiger partial charge is 0.229 e. The first-order valence-electron chi connectivity index (χ1n) is 5.06. The fraction of sp³-hybridized carbons (Fsp3) is 0.556. The van der Waals surface area contributed by atoms with Crippen LogP contribution < -0.4 is 11.0 Å². The molecular formula is C9H14BN2O2. The van der Waals surface area contributed by atoms with Gasteiger partial charge in [-0.15, -0.1) is 0 Å². The zero-order valence-electron chi connectivity index (χ0n) is 9.17. The van der Waals surface area contributed by atoms with Gasteiger partial charge in [-0.1, -0.05) is 19.0 Å². The number of primary amides is 1. The summed E-state index contributed by atoms with van der Waals surface area (Å²) in [5, 5.41) is 2.72. The highest BCUT2D eigenvalue weighted by Crippen LogP contribution is 2.29. The van der Waals surface area contributed by atoms with Gasteiger partial charge in [-0.3, -0.25) is 9.59 Å². The second-order valence-corrected chi connectivity index (χ2v) is 3.53. The minimum absolute atomic E-state index is 0.197. The van der Waals surface area contributed by atoms with E-state index >= 15 is 0 Å². The molecule has 0 bridgehead atoms. The maximum Gasteiger partial charge on any atom is 0.229 e. The third-order valence-corrected chi connectivity index (χ3v) is 2.43. The Bertz CT molecular complexity index is 296. The van der Waals surface area contributed by atoms with E-state index in [9.17, 15) is 9.59 Å². The topological polar surface area (TPSA) is 72.2 Å². The van der Waals surface area contributed by atoms with Crippen LogP contribution in [0.2, 0.25) is 8.23 Å². The van der Waals surface area contributed by atoms with Crippen LogP contribution in [0.15, 0.2) is 12.2 Å². The number of amides is 2. The summed E-state index contributed by atoms with van der Waals surface area (Å²) in [6, 6.07) is -0.230. The van der Waals surface area contributed by atoms with Crippen molar-refractivity contribution in [3.8, 4) is 0 Å². The van der Waals surface area contributed by atoms with E-state index in [2.05, 4.69) is 11.9 Å². The Labute approximate surface area is 85.6 Å². The lowest BCUT2D eigenvalue weighted by Gasteiger charge is -2.17. The molecule has 3 N–H and O–H groups in total. The van der Waals surface area contributed by atoms with Gasteiger partial charge in [0, 0.05) is 6.04 Å². The van der Waals surface area contributed by atoms with Crippen molar-refractivity contribution in [2.75, 3.05) is 0 Å². The minimum atomic E-state index is -0.366. The van der Waals surface area contributed by atoms with Crippen molar-refractivity contribution in [2.45, 2.75) is 25.7 Å². The fourth-order valence-corrected chi connectivity index (χ4v) is 1.68. The van der Waals surface area contributed by atoms with Crippen LogP contribution in [0.1, 0.15) is 12.8 Å². The van der Waals surface area contributed by atoms with Crippen molar-refractivity contribution in [3.63, 3.8) is 0 Å². The number of carbonyl (C=O) groups is 2. The Morgan fingerprint density at radius 3 is 3.00 bits per heavy atom. The number of rotatable bonds is 3. The molecule has 2 atom stereocenters. The number of hydrogen-bond donors (Lipinski definition) is 2. The maximum atomic E-state index is 11.3. The molecule has 14 heavy (non-hydrogen) atoms. The van der Waals surface area contributed by atoms with E-state index in [4.69, 9.17) is 1.41 Å². The molecule has 1 aliphatic carbocycles. The molecule has 5 heteroatoms. The summed E-state index contributed by atoms with van der Waals surface area (Å²) in [4.78, 5) is 22.5. The summed E-state index contributed by atoms with van der Waals surface area (Å²) in [6.07, 6.45) is 1.15. The Hall–Kier alpha value is -1.26. The molecule has 0 spiro atoms. The van der Waals surface area contributed by atoms with Crippen molar-refractivity contribution in [1.29, 1.82) is 0 Å². The normalized spacial score (nSPS) is 26.6. The van der Waals surface area contributed by atoms with Gasteiger partial charge in [0.05, 0.1) is 5.92 Å².